The predicted octanol–water partition coefficient (Wildman–Crippen LogP) is 7.99. The standard InChI is InChI=1S/C21H12N.C13H10N.Ir/c1-2-7-14(8-3-1)20-13-18-16-10-5-4-9-15(16)17-11-6-12-19(22-20)21(17)18;1-2-6-12-10(4-1)7-8-11-5-3-9-14-13(11)12;/h1-7,9-13H;1-5,9H,7-8H2;/q2*-1;. The van der Waals surface area contributed by atoms with Crippen molar-refractivity contribution in [3.63, 3.8) is 0 Å². The molecule has 2 aliphatic carbocycles. The first-order chi connectivity index (χ1) is 17.9. The second-order valence-electron chi connectivity index (χ2n) is 9.16. The molecule has 37 heavy (non-hydrogen) atoms. The molecule has 2 nitrogen and oxygen atoms in total. The van der Waals surface area contributed by atoms with Gasteiger partial charge in [-0.25, -0.2) is 0 Å². The molecule has 0 saturated carbocycles. The van der Waals surface area contributed by atoms with Crippen molar-refractivity contribution >= 4 is 10.9 Å². The summed E-state index contributed by atoms with van der Waals surface area (Å²) in [7, 11) is 0. The maximum absolute atomic E-state index is 4.86. The number of hydrogen-bond acceptors (Lipinski definition) is 2. The summed E-state index contributed by atoms with van der Waals surface area (Å²) in [5, 5.41) is 1.27. The van der Waals surface area contributed by atoms with Crippen LogP contribution in [-0.2, 0) is 32.9 Å². The van der Waals surface area contributed by atoms with Gasteiger partial charge in [-0.1, -0.05) is 60.5 Å². The largest absolute Gasteiger partial charge is 0.304 e. The molecule has 0 amide bonds. The SMILES string of the molecule is [Ir].[c-]1cccc2c1-c1ncccc1CC2.[c-]1ccccc1-c1cc2c3c(cccc3n1)-c1ccccc1-2. The van der Waals surface area contributed by atoms with Crippen molar-refractivity contribution in [1.82, 2.24) is 9.97 Å². The van der Waals surface area contributed by atoms with Crippen LogP contribution in [0.5, 0.6) is 0 Å². The minimum absolute atomic E-state index is 0. The summed E-state index contributed by atoms with van der Waals surface area (Å²) in [5.74, 6) is 0. The number of hydrogen-bond donors (Lipinski definition) is 0. The van der Waals surface area contributed by atoms with E-state index in [2.05, 4.69) is 83.8 Å². The Morgan fingerprint density at radius 1 is 0.622 bits per heavy atom. The average Bonchev–Trinajstić information content (AvgIpc) is 3.29. The Balaban J connectivity index is 0.000000146. The van der Waals surface area contributed by atoms with Gasteiger partial charge in [0.25, 0.3) is 0 Å². The smallest absolute Gasteiger partial charge is 0.0607 e. The number of rotatable bonds is 1. The maximum atomic E-state index is 4.86. The van der Waals surface area contributed by atoms with Crippen LogP contribution in [0, 0.1) is 12.1 Å². The van der Waals surface area contributed by atoms with Crippen molar-refractivity contribution in [2.75, 3.05) is 0 Å². The zero-order valence-electron chi connectivity index (χ0n) is 20.0. The molecule has 179 valence electrons. The maximum Gasteiger partial charge on any atom is 0.0607 e. The van der Waals surface area contributed by atoms with Crippen LogP contribution in [0.2, 0.25) is 0 Å². The van der Waals surface area contributed by atoms with Gasteiger partial charge in [-0.3, -0.25) is 4.98 Å². The monoisotopic (exact) mass is 651 g/mol. The Morgan fingerprint density at radius 3 is 2.24 bits per heavy atom. The Kier molecular flexibility index (Phi) is 6.26. The molecule has 0 saturated heterocycles. The van der Waals surface area contributed by atoms with Crippen LogP contribution >= 0.6 is 0 Å². The van der Waals surface area contributed by atoms with Gasteiger partial charge < -0.3 is 4.98 Å². The molecule has 8 rings (SSSR count). The van der Waals surface area contributed by atoms with E-state index in [0.717, 1.165) is 35.3 Å². The van der Waals surface area contributed by atoms with E-state index in [0.29, 0.717) is 0 Å². The van der Waals surface area contributed by atoms with E-state index in [9.17, 15) is 0 Å². The Morgan fingerprint density at radius 2 is 1.38 bits per heavy atom. The van der Waals surface area contributed by atoms with Gasteiger partial charge in [0, 0.05) is 31.7 Å². The van der Waals surface area contributed by atoms with Gasteiger partial charge in [0.1, 0.15) is 0 Å². The van der Waals surface area contributed by atoms with E-state index in [1.165, 1.54) is 44.3 Å². The minimum Gasteiger partial charge on any atom is -0.304 e. The predicted molar refractivity (Wildman–Crippen MR) is 146 cm³/mol. The third-order valence-electron chi connectivity index (χ3n) is 7.06. The van der Waals surface area contributed by atoms with Crippen LogP contribution in [0.25, 0.3) is 55.7 Å². The van der Waals surface area contributed by atoms with Gasteiger partial charge in [-0.05, 0) is 52.2 Å². The molecular weight excluding hydrogens is 629 g/mol. The molecule has 0 fully saturated rings. The fourth-order valence-electron chi connectivity index (χ4n) is 5.40. The zero-order chi connectivity index (χ0) is 23.9. The Bertz CT molecular complexity index is 1700. The number of benzene rings is 4. The minimum atomic E-state index is 0. The van der Waals surface area contributed by atoms with Gasteiger partial charge in [0.2, 0.25) is 0 Å². The first-order valence-corrected chi connectivity index (χ1v) is 12.3. The van der Waals surface area contributed by atoms with Crippen LogP contribution in [0.15, 0.2) is 109 Å². The fourth-order valence-corrected chi connectivity index (χ4v) is 5.40. The van der Waals surface area contributed by atoms with E-state index in [-0.39, 0.29) is 20.1 Å². The Hall–Kier alpha value is -3.91. The quantitative estimate of drug-likeness (QED) is 0.168. The van der Waals surface area contributed by atoms with E-state index >= 15 is 0 Å². The van der Waals surface area contributed by atoms with Crippen LogP contribution in [-0.4, -0.2) is 9.97 Å². The zero-order valence-corrected chi connectivity index (χ0v) is 22.4. The third-order valence-corrected chi connectivity index (χ3v) is 7.06. The van der Waals surface area contributed by atoms with E-state index < -0.39 is 0 Å². The van der Waals surface area contributed by atoms with Crippen LogP contribution in [0.3, 0.4) is 0 Å². The fraction of sp³-hybridized carbons (Fsp3) is 0.0588. The van der Waals surface area contributed by atoms with Gasteiger partial charge in [0.05, 0.1) is 5.52 Å². The van der Waals surface area contributed by atoms with Crippen molar-refractivity contribution in [3.8, 4) is 44.8 Å². The molecule has 4 aromatic carbocycles. The topological polar surface area (TPSA) is 25.8 Å². The second-order valence-corrected chi connectivity index (χ2v) is 9.16. The molecule has 2 aromatic heterocycles. The molecule has 3 heteroatoms. The Labute approximate surface area is 230 Å². The summed E-state index contributed by atoms with van der Waals surface area (Å²) >= 11 is 0. The van der Waals surface area contributed by atoms with E-state index in [1.807, 2.05) is 42.6 Å². The molecule has 0 aliphatic heterocycles. The molecule has 0 spiro atoms. The van der Waals surface area contributed by atoms with Crippen molar-refractivity contribution in [2.24, 2.45) is 0 Å². The van der Waals surface area contributed by atoms with Gasteiger partial charge >= 0.3 is 0 Å². The van der Waals surface area contributed by atoms with E-state index in [4.69, 9.17) is 4.98 Å². The summed E-state index contributed by atoms with van der Waals surface area (Å²) < 4.78 is 0. The molecule has 1 radical (unpaired) electrons. The van der Waals surface area contributed by atoms with Crippen molar-refractivity contribution < 1.29 is 20.1 Å². The third kappa shape index (κ3) is 4.11. The van der Waals surface area contributed by atoms with Gasteiger partial charge in [-0.15, -0.1) is 71.3 Å². The normalized spacial score (nSPS) is 11.9. The first kappa shape index (κ1) is 23.5. The number of fused-ring (bicyclic) bond motifs is 6. The van der Waals surface area contributed by atoms with Gasteiger partial charge in [0.15, 0.2) is 0 Å². The average molecular weight is 651 g/mol. The van der Waals surface area contributed by atoms with Crippen LogP contribution in [0.1, 0.15) is 11.1 Å². The van der Waals surface area contributed by atoms with Crippen LogP contribution < -0.4 is 0 Å². The molecular formula is C34H22IrN2-2. The van der Waals surface area contributed by atoms with Crippen molar-refractivity contribution in [1.29, 1.82) is 0 Å². The molecule has 0 bridgehead atoms. The molecule has 0 unspecified atom stereocenters. The van der Waals surface area contributed by atoms with Gasteiger partial charge in [-0.2, -0.15) is 0 Å². The number of pyridine rings is 2. The van der Waals surface area contributed by atoms with Crippen molar-refractivity contribution in [3.05, 3.63) is 133 Å². The summed E-state index contributed by atoms with van der Waals surface area (Å²) in [6.07, 6.45) is 4.08. The molecule has 2 aliphatic rings. The van der Waals surface area contributed by atoms with E-state index in [1.54, 1.807) is 0 Å². The molecule has 6 aromatic rings. The molecule has 0 N–H and O–H groups in total. The van der Waals surface area contributed by atoms with Crippen molar-refractivity contribution in [2.45, 2.75) is 12.8 Å². The first-order valence-electron chi connectivity index (χ1n) is 12.3. The van der Waals surface area contributed by atoms with Crippen LogP contribution in [0.4, 0.5) is 0 Å². The number of aryl methyl sites for hydroxylation is 2. The number of aromatic nitrogens is 2. The molecule has 2 heterocycles. The second kappa shape index (κ2) is 9.86. The summed E-state index contributed by atoms with van der Waals surface area (Å²) in [5.41, 5.74) is 13.3. The number of nitrogens with zero attached hydrogens (tertiary/aromatic N) is 2. The molecule has 0 atom stereocenters. The summed E-state index contributed by atoms with van der Waals surface area (Å²) in [6, 6.07) is 42.1. The summed E-state index contributed by atoms with van der Waals surface area (Å²) in [6.45, 7) is 0. The summed E-state index contributed by atoms with van der Waals surface area (Å²) in [4.78, 5) is 9.29.